The summed E-state index contributed by atoms with van der Waals surface area (Å²) in [5, 5.41) is 2.60. The monoisotopic (exact) mass is 347 g/mol. The Morgan fingerprint density at radius 3 is 2.74 bits per heavy atom. The summed E-state index contributed by atoms with van der Waals surface area (Å²) in [7, 11) is -3.79. The fraction of sp³-hybridized carbons (Fsp3) is 0.133. The van der Waals surface area contributed by atoms with Crippen LogP contribution in [-0.4, -0.2) is 28.8 Å². The third kappa shape index (κ3) is 3.38. The number of hydrogen-bond donors (Lipinski definition) is 1. The first-order valence-corrected chi connectivity index (χ1v) is 9.14. The van der Waals surface area contributed by atoms with Gasteiger partial charge < -0.3 is 5.32 Å². The molecule has 2 aromatic carbocycles. The second kappa shape index (κ2) is 6.05. The zero-order chi connectivity index (χ0) is 16.4. The number of rotatable bonds is 4. The number of fused-ring (bicyclic) bond motifs is 1. The lowest BCUT2D eigenvalue weighted by Gasteiger charge is -2.07. The van der Waals surface area contributed by atoms with E-state index in [9.17, 15) is 13.2 Å². The van der Waals surface area contributed by atoms with Crippen LogP contribution in [0.1, 0.15) is 5.56 Å². The highest BCUT2D eigenvalue weighted by molar-refractivity contribution is 7.92. The number of hydrogen-bond acceptors (Lipinski definition) is 6. The Balaban J connectivity index is 1.83. The Bertz CT molecular complexity index is 980. The number of carbonyl (C=O) groups is 1. The maximum absolute atomic E-state index is 12.5. The third-order valence-corrected chi connectivity index (χ3v) is 5.39. The average Bonchev–Trinajstić information content (AvgIpc) is 2.94. The van der Waals surface area contributed by atoms with Gasteiger partial charge in [-0.1, -0.05) is 18.2 Å². The average molecular weight is 347 g/mol. The summed E-state index contributed by atoms with van der Waals surface area (Å²) in [4.78, 5) is 12.1. The number of nitrogens with one attached hydrogen (secondary N) is 1. The highest BCUT2D eigenvalue weighted by Gasteiger charge is 2.23. The first-order valence-electron chi connectivity index (χ1n) is 6.76. The lowest BCUT2D eigenvalue weighted by atomic mass is 10.2. The minimum atomic E-state index is -3.79. The fourth-order valence-corrected chi connectivity index (χ4v) is 4.11. The lowest BCUT2D eigenvalue weighted by Crippen LogP contribution is -2.23. The Hall–Kier alpha value is -2.32. The molecule has 0 saturated carbocycles. The number of amides is 1. The Morgan fingerprint density at radius 2 is 1.96 bits per heavy atom. The molecular weight excluding hydrogens is 334 g/mol. The number of aromatic nitrogens is 2. The molecule has 0 aliphatic rings. The second-order valence-corrected chi connectivity index (χ2v) is 7.55. The first kappa shape index (κ1) is 15.6. The number of nitrogens with zero attached hydrogens (tertiary/aromatic N) is 2. The van der Waals surface area contributed by atoms with Gasteiger partial charge in [0.05, 0.1) is 16.6 Å². The van der Waals surface area contributed by atoms with E-state index in [1.165, 1.54) is 6.07 Å². The molecule has 6 nitrogen and oxygen atoms in total. The van der Waals surface area contributed by atoms with Gasteiger partial charge in [0.2, 0.25) is 5.91 Å². The van der Waals surface area contributed by atoms with Crippen LogP contribution in [0.25, 0.3) is 11.0 Å². The minimum Gasteiger partial charge on any atom is -0.325 e. The Labute approximate surface area is 137 Å². The topological polar surface area (TPSA) is 89.0 Å². The largest absolute Gasteiger partial charge is 0.325 e. The van der Waals surface area contributed by atoms with Gasteiger partial charge in [-0.05, 0) is 36.8 Å². The summed E-state index contributed by atoms with van der Waals surface area (Å²) < 4.78 is 33.0. The quantitative estimate of drug-likeness (QED) is 0.783. The summed E-state index contributed by atoms with van der Waals surface area (Å²) in [6, 6.07) is 11.9. The molecule has 118 valence electrons. The molecule has 3 aromatic rings. The van der Waals surface area contributed by atoms with Gasteiger partial charge in [0.15, 0.2) is 9.84 Å². The van der Waals surface area contributed by atoms with Crippen molar-refractivity contribution in [1.82, 2.24) is 8.75 Å². The molecule has 0 unspecified atom stereocenters. The lowest BCUT2D eigenvalue weighted by molar-refractivity contribution is -0.113. The van der Waals surface area contributed by atoms with Crippen molar-refractivity contribution in [3.8, 4) is 0 Å². The standard InChI is InChI=1S/C15H13N3O3S2/c1-10-4-2-5-11(8-10)16-14(19)9-23(20,21)13-7-3-6-12-15(13)18-22-17-12/h2-8H,9H2,1H3,(H,16,19). The number of benzene rings is 2. The summed E-state index contributed by atoms with van der Waals surface area (Å²) in [6.07, 6.45) is 0. The van der Waals surface area contributed by atoms with E-state index in [0.717, 1.165) is 17.3 Å². The van der Waals surface area contributed by atoms with E-state index in [2.05, 4.69) is 14.1 Å². The summed E-state index contributed by atoms with van der Waals surface area (Å²) in [5.41, 5.74) is 2.36. The van der Waals surface area contributed by atoms with Gasteiger partial charge in [0.1, 0.15) is 16.8 Å². The van der Waals surface area contributed by atoms with Gasteiger partial charge in [-0.25, -0.2) is 8.42 Å². The van der Waals surface area contributed by atoms with Crippen LogP contribution in [0.2, 0.25) is 0 Å². The van der Waals surface area contributed by atoms with Crippen molar-refractivity contribution in [3.05, 3.63) is 48.0 Å². The van der Waals surface area contributed by atoms with E-state index in [1.54, 1.807) is 30.3 Å². The Morgan fingerprint density at radius 1 is 1.17 bits per heavy atom. The highest BCUT2D eigenvalue weighted by Crippen LogP contribution is 2.22. The molecule has 0 aliphatic heterocycles. The fourth-order valence-electron chi connectivity index (χ4n) is 2.20. The molecule has 23 heavy (non-hydrogen) atoms. The van der Waals surface area contributed by atoms with Crippen LogP contribution in [0.5, 0.6) is 0 Å². The van der Waals surface area contributed by atoms with Gasteiger partial charge >= 0.3 is 0 Å². The van der Waals surface area contributed by atoms with Crippen molar-refractivity contribution in [2.24, 2.45) is 0 Å². The van der Waals surface area contributed by atoms with Gasteiger partial charge in [0, 0.05) is 5.69 Å². The van der Waals surface area contributed by atoms with Crippen molar-refractivity contribution in [3.63, 3.8) is 0 Å². The molecule has 0 bridgehead atoms. The molecular formula is C15H13N3O3S2. The molecule has 0 saturated heterocycles. The van der Waals surface area contributed by atoms with Crippen LogP contribution in [-0.2, 0) is 14.6 Å². The molecule has 1 aromatic heterocycles. The SMILES string of the molecule is Cc1cccc(NC(=O)CS(=O)(=O)c2cccc3nsnc23)c1. The van der Waals surface area contributed by atoms with Crippen LogP contribution < -0.4 is 5.32 Å². The van der Waals surface area contributed by atoms with E-state index in [0.29, 0.717) is 16.7 Å². The smallest absolute Gasteiger partial charge is 0.239 e. The molecule has 0 aliphatic carbocycles. The van der Waals surface area contributed by atoms with E-state index in [1.807, 2.05) is 13.0 Å². The minimum absolute atomic E-state index is 0.0307. The van der Waals surface area contributed by atoms with Crippen molar-refractivity contribution < 1.29 is 13.2 Å². The van der Waals surface area contributed by atoms with Crippen molar-refractivity contribution in [2.75, 3.05) is 11.1 Å². The molecule has 0 fully saturated rings. The molecule has 3 rings (SSSR count). The predicted octanol–water partition coefficient (Wildman–Crippen LogP) is 2.41. The van der Waals surface area contributed by atoms with E-state index in [4.69, 9.17) is 0 Å². The highest BCUT2D eigenvalue weighted by atomic mass is 32.2. The summed E-state index contributed by atoms with van der Waals surface area (Å²) in [6.45, 7) is 1.89. The molecule has 1 heterocycles. The van der Waals surface area contributed by atoms with E-state index >= 15 is 0 Å². The predicted molar refractivity (Wildman–Crippen MR) is 89.3 cm³/mol. The maximum atomic E-state index is 12.5. The van der Waals surface area contributed by atoms with Gasteiger partial charge in [0.25, 0.3) is 0 Å². The normalized spacial score (nSPS) is 11.5. The molecule has 0 atom stereocenters. The molecule has 0 radical (unpaired) electrons. The van der Waals surface area contributed by atoms with Gasteiger partial charge in [-0.15, -0.1) is 0 Å². The third-order valence-electron chi connectivity index (χ3n) is 3.21. The van der Waals surface area contributed by atoms with E-state index < -0.39 is 21.5 Å². The van der Waals surface area contributed by atoms with Crippen molar-refractivity contribution in [1.29, 1.82) is 0 Å². The second-order valence-electron chi connectivity index (χ2n) is 5.06. The van der Waals surface area contributed by atoms with Crippen LogP contribution >= 0.6 is 11.7 Å². The summed E-state index contributed by atoms with van der Waals surface area (Å²) in [5.74, 6) is -1.23. The molecule has 1 amide bonds. The molecule has 1 N–H and O–H groups in total. The Kier molecular flexibility index (Phi) is 4.10. The number of sulfone groups is 1. The van der Waals surface area contributed by atoms with Crippen LogP contribution in [0, 0.1) is 6.92 Å². The first-order chi connectivity index (χ1) is 11.0. The van der Waals surface area contributed by atoms with Crippen LogP contribution in [0.15, 0.2) is 47.4 Å². The van der Waals surface area contributed by atoms with Crippen LogP contribution in [0.3, 0.4) is 0 Å². The number of anilines is 1. The number of aryl methyl sites for hydroxylation is 1. The molecule has 0 spiro atoms. The molecule has 8 heteroatoms. The maximum Gasteiger partial charge on any atom is 0.239 e. The number of carbonyl (C=O) groups excluding carboxylic acids is 1. The van der Waals surface area contributed by atoms with Crippen molar-refractivity contribution in [2.45, 2.75) is 11.8 Å². The van der Waals surface area contributed by atoms with Crippen LogP contribution in [0.4, 0.5) is 5.69 Å². The zero-order valence-corrected chi connectivity index (χ0v) is 13.8. The van der Waals surface area contributed by atoms with E-state index in [-0.39, 0.29) is 4.90 Å². The zero-order valence-electron chi connectivity index (χ0n) is 12.2. The summed E-state index contributed by atoms with van der Waals surface area (Å²) >= 11 is 0.941. The van der Waals surface area contributed by atoms with Gasteiger partial charge in [-0.3, -0.25) is 4.79 Å². The van der Waals surface area contributed by atoms with Gasteiger partial charge in [-0.2, -0.15) is 8.75 Å². The van der Waals surface area contributed by atoms with Crippen molar-refractivity contribution >= 4 is 44.2 Å².